The summed E-state index contributed by atoms with van der Waals surface area (Å²) in [5.74, 6) is 0.665. The van der Waals surface area contributed by atoms with Crippen LogP contribution in [0, 0.1) is 12.3 Å². The number of nitrogens with one attached hydrogen (secondary N) is 1. The zero-order chi connectivity index (χ0) is 10.4. The summed E-state index contributed by atoms with van der Waals surface area (Å²) in [6, 6.07) is 0. The van der Waals surface area contributed by atoms with E-state index in [9.17, 15) is 13.2 Å². The van der Waals surface area contributed by atoms with Gasteiger partial charge in [-0.2, -0.15) is 13.2 Å². The van der Waals surface area contributed by atoms with E-state index < -0.39 is 11.6 Å². The first-order valence-corrected chi connectivity index (χ1v) is 4.50. The summed E-state index contributed by atoms with van der Waals surface area (Å²) in [5, 5.41) is 0. The van der Waals surface area contributed by atoms with Crippen molar-refractivity contribution in [2.24, 2.45) is 5.41 Å². The molecule has 1 aliphatic carbocycles. The molecule has 0 spiro atoms. The quantitative estimate of drug-likeness (QED) is 0.788. The van der Waals surface area contributed by atoms with Crippen LogP contribution in [0.3, 0.4) is 0 Å². The predicted molar refractivity (Wildman–Crippen MR) is 44.8 cm³/mol. The Morgan fingerprint density at radius 1 is 1.50 bits per heavy atom. The highest BCUT2D eigenvalue weighted by Crippen LogP contribution is 2.59. The predicted octanol–water partition coefficient (Wildman–Crippen LogP) is 2.60. The molecule has 0 amide bonds. The smallest absolute Gasteiger partial charge is 0.346 e. The van der Waals surface area contributed by atoms with Gasteiger partial charge in [-0.15, -0.1) is 0 Å². The topological polar surface area (TPSA) is 28.7 Å². The summed E-state index contributed by atoms with van der Waals surface area (Å²) in [7, 11) is 0. The van der Waals surface area contributed by atoms with Crippen LogP contribution in [0.1, 0.15) is 24.4 Å². The van der Waals surface area contributed by atoms with Crippen molar-refractivity contribution in [1.29, 1.82) is 0 Å². The van der Waals surface area contributed by atoms with E-state index in [2.05, 4.69) is 9.97 Å². The Kier molecular flexibility index (Phi) is 1.87. The van der Waals surface area contributed by atoms with Crippen LogP contribution in [0.5, 0.6) is 0 Å². The van der Waals surface area contributed by atoms with Crippen molar-refractivity contribution in [2.75, 3.05) is 0 Å². The normalized spacial score (nSPS) is 19.7. The lowest BCUT2D eigenvalue weighted by Crippen LogP contribution is -2.26. The number of imidazole rings is 1. The molecular formula is C9H11F3N2. The molecule has 0 unspecified atom stereocenters. The van der Waals surface area contributed by atoms with Crippen LogP contribution in [0.15, 0.2) is 6.20 Å². The Balaban J connectivity index is 2.12. The highest BCUT2D eigenvalue weighted by Gasteiger charge is 2.62. The Bertz CT molecular complexity index is 336. The molecule has 1 aromatic heterocycles. The molecular weight excluding hydrogens is 193 g/mol. The second-order valence-electron chi connectivity index (χ2n) is 3.95. The van der Waals surface area contributed by atoms with Crippen LogP contribution in [0.25, 0.3) is 0 Å². The van der Waals surface area contributed by atoms with Crippen molar-refractivity contribution in [3.63, 3.8) is 0 Å². The number of halogens is 3. The van der Waals surface area contributed by atoms with E-state index in [1.807, 2.05) is 0 Å². The molecule has 78 valence electrons. The summed E-state index contributed by atoms with van der Waals surface area (Å²) in [6.45, 7) is 1.73. The molecule has 14 heavy (non-hydrogen) atoms. The van der Waals surface area contributed by atoms with Crippen LogP contribution in [-0.4, -0.2) is 16.1 Å². The molecule has 2 nitrogen and oxygen atoms in total. The molecule has 0 bridgehead atoms. The fraction of sp³-hybridized carbons (Fsp3) is 0.667. The van der Waals surface area contributed by atoms with E-state index in [0.29, 0.717) is 11.5 Å². The summed E-state index contributed by atoms with van der Waals surface area (Å²) < 4.78 is 37.7. The fourth-order valence-electron chi connectivity index (χ4n) is 1.64. The Morgan fingerprint density at radius 2 is 2.14 bits per heavy atom. The van der Waals surface area contributed by atoms with E-state index >= 15 is 0 Å². The second kappa shape index (κ2) is 2.74. The maximum atomic E-state index is 12.6. The monoisotopic (exact) mass is 204 g/mol. The minimum atomic E-state index is -4.08. The number of nitrogens with zero attached hydrogens (tertiary/aromatic N) is 1. The van der Waals surface area contributed by atoms with Crippen LogP contribution in [0.2, 0.25) is 0 Å². The van der Waals surface area contributed by atoms with Crippen molar-refractivity contribution in [3.8, 4) is 0 Å². The average Bonchev–Trinajstić information content (AvgIpc) is 2.71. The number of rotatable bonds is 2. The molecule has 0 saturated heterocycles. The van der Waals surface area contributed by atoms with Gasteiger partial charge in [0.1, 0.15) is 5.82 Å². The Morgan fingerprint density at radius 3 is 2.50 bits per heavy atom. The van der Waals surface area contributed by atoms with Crippen molar-refractivity contribution >= 4 is 0 Å². The van der Waals surface area contributed by atoms with Gasteiger partial charge in [0.15, 0.2) is 0 Å². The fourth-order valence-corrected chi connectivity index (χ4v) is 1.64. The standard InChI is InChI=1S/C9H11F3N2/c1-6-13-5-7(14-6)4-8(2-3-8)9(10,11)12/h5H,2-4H2,1H3,(H,13,14). The molecule has 1 heterocycles. The van der Waals surface area contributed by atoms with E-state index in [4.69, 9.17) is 0 Å². The lowest BCUT2D eigenvalue weighted by atomic mass is 10.0. The SMILES string of the molecule is Cc1ncc(CC2(C(F)(F)F)CC2)[nH]1. The van der Waals surface area contributed by atoms with E-state index in [0.717, 1.165) is 0 Å². The molecule has 1 saturated carbocycles. The molecule has 0 atom stereocenters. The number of H-pyrrole nitrogens is 1. The molecule has 1 fully saturated rings. The lowest BCUT2D eigenvalue weighted by molar-refractivity contribution is -0.186. The van der Waals surface area contributed by atoms with Gasteiger partial charge >= 0.3 is 6.18 Å². The number of alkyl halides is 3. The average molecular weight is 204 g/mol. The van der Waals surface area contributed by atoms with Crippen LogP contribution in [-0.2, 0) is 6.42 Å². The number of aromatic amines is 1. The molecule has 0 aromatic carbocycles. The maximum absolute atomic E-state index is 12.6. The number of aryl methyl sites for hydroxylation is 1. The van der Waals surface area contributed by atoms with E-state index in [1.54, 1.807) is 6.92 Å². The third-order valence-corrected chi connectivity index (χ3v) is 2.74. The third kappa shape index (κ3) is 1.51. The molecule has 0 radical (unpaired) electrons. The molecule has 1 aliphatic rings. The van der Waals surface area contributed by atoms with Gasteiger partial charge in [0.2, 0.25) is 0 Å². The highest BCUT2D eigenvalue weighted by atomic mass is 19.4. The molecule has 0 aliphatic heterocycles. The van der Waals surface area contributed by atoms with E-state index in [1.165, 1.54) is 6.20 Å². The third-order valence-electron chi connectivity index (χ3n) is 2.74. The second-order valence-corrected chi connectivity index (χ2v) is 3.95. The summed E-state index contributed by atoms with van der Waals surface area (Å²) in [6.07, 6.45) is -2.06. The summed E-state index contributed by atoms with van der Waals surface area (Å²) in [5.41, 5.74) is -0.885. The lowest BCUT2D eigenvalue weighted by Gasteiger charge is -2.17. The maximum Gasteiger partial charge on any atom is 0.394 e. The Labute approximate surface area is 79.5 Å². The van der Waals surface area contributed by atoms with Gasteiger partial charge in [-0.3, -0.25) is 0 Å². The minimum absolute atomic E-state index is 0.0390. The van der Waals surface area contributed by atoms with Crippen LogP contribution in [0.4, 0.5) is 13.2 Å². The molecule has 2 rings (SSSR count). The van der Waals surface area contributed by atoms with Crippen molar-refractivity contribution < 1.29 is 13.2 Å². The zero-order valence-electron chi connectivity index (χ0n) is 7.78. The van der Waals surface area contributed by atoms with Gasteiger partial charge in [0.05, 0.1) is 5.41 Å². The first kappa shape index (κ1) is 9.55. The first-order chi connectivity index (χ1) is 6.43. The van der Waals surface area contributed by atoms with Crippen molar-refractivity contribution in [2.45, 2.75) is 32.4 Å². The van der Waals surface area contributed by atoms with Gasteiger partial charge in [-0.25, -0.2) is 4.98 Å². The first-order valence-electron chi connectivity index (χ1n) is 4.50. The van der Waals surface area contributed by atoms with Gasteiger partial charge in [0, 0.05) is 18.3 Å². The molecule has 1 N–H and O–H groups in total. The van der Waals surface area contributed by atoms with Crippen LogP contribution < -0.4 is 0 Å². The highest BCUT2D eigenvalue weighted by molar-refractivity contribution is 5.10. The van der Waals surface area contributed by atoms with Gasteiger partial charge in [0.25, 0.3) is 0 Å². The summed E-state index contributed by atoms with van der Waals surface area (Å²) in [4.78, 5) is 6.72. The largest absolute Gasteiger partial charge is 0.394 e. The van der Waals surface area contributed by atoms with Crippen LogP contribution >= 0.6 is 0 Å². The van der Waals surface area contributed by atoms with Gasteiger partial charge in [-0.1, -0.05) is 0 Å². The van der Waals surface area contributed by atoms with Gasteiger partial charge in [-0.05, 0) is 19.8 Å². The van der Waals surface area contributed by atoms with Crippen molar-refractivity contribution in [3.05, 3.63) is 17.7 Å². The molecule has 5 heteroatoms. The Hall–Kier alpha value is -1.00. The summed E-state index contributed by atoms with van der Waals surface area (Å²) >= 11 is 0. The number of aromatic nitrogens is 2. The number of hydrogen-bond donors (Lipinski definition) is 1. The zero-order valence-corrected chi connectivity index (χ0v) is 7.78. The number of hydrogen-bond acceptors (Lipinski definition) is 1. The van der Waals surface area contributed by atoms with Gasteiger partial charge < -0.3 is 4.98 Å². The van der Waals surface area contributed by atoms with E-state index in [-0.39, 0.29) is 19.3 Å². The minimum Gasteiger partial charge on any atom is -0.346 e. The van der Waals surface area contributed by atoms with Crippen molar-refractivity contribution in [1.82, 2.24) is 9.97 Å². The molecule has 1 aromatic rings.